The summed E-state index contributed by atoms with van der Waals surface area (Å²) < 4.78 is 0. The minimum Gasteiger partial charge on any atom is -0.208 e. The third-order valence-electron chi connectivity index (χ3n) is 14.3. The first-order valence-electron chi connectivity index (χ1n) is 23.0. The lowest BCUT2D eigenvalue weighted by molar-refractivity contribution is 0.794. The van der Waals surface area contributed by atoms with Crippen LogP contribution in [0.2, 0.25) is 0 Å². The van der Waals surface area contributed by atoms with Crippen LogP contribution in [0.3, 0.4) is 0 Å². The first kappa shape index (κ1) is 37.6. The van der Waals surface area contributed by atoms with Crippen LogP contribution in [0.15, 0.2) is 237 Å². The number of aromatic nitrogens is 3. The average molecular weight is 850 g/mol. The minimum atomic E-state index is -0.411. The lowest BCUT2D eigenvalue weighted by Crippen LogP contribution is -2.25. The molecule has 11 aromatic carbocycles. The number of nitrogens with zero attached hydrogens (tertiary/aromatic N) is 3. The molecule has 1 spiro atoms. The Morgan fingerprint density at radius 3 is 1.27 bits per heavy atom. The van der Waals surface area contributed by atoms with Crippen molar-refractivity contribution >= 4 is 32.3 Å². The Bertz CT molecular complexity index is 3860. The van der Waals surface area contributed by atoms with E-state index in [0.29, 0.717) is 17.5 Å². The summed E-state index contributed by atoms with van der Waals surface area (Å²) in [6.45, 7) is 0. The van der Waals surface area contributed by atoms with Gasteiger partial charge in [0.05, 0.1) is 5.41 Å². The maximum atomic E-state index is 5.05. The molecular weight excluding hydrogens is 811 g/mol. The molecule has 2 aliphatic rings. The van der Waals surface area contributed by atoms with Gasteiger partial charge in [0, 0.05) is 16.7 Å². The summed E-state index contributed by atoms with van der Waals surface area (Å²) in [4.78, 5) is 15.0. The van der Waals surface area contributed by atoms with Crippen LogP contribution < -0.4 is 0 Å². The van der Waals surface area contributed by atoms with Crippen LogP contribution in [0.4, 0.5) is 0 Å². The molecule has 0 fully saturated rings. The Hall–Kier alpha value is -8.79. The molecule has 12 aromatic rings. The highest BCUT2D eigenvalue weighted by Crippen LogP contribution is 2.63. The molecule has 0 bridgehead atoms. The van der Waals surface area contributed by atoms with Gasteiger partial charge < -0.3 is 0 Å². The summed E-state index contributed by atoms with van der Waals surface area (Å²) in [5.74, 6) is 1.94. The van der Waals surface area contributed by atoms with E-state index >= 15 is 0 Å². The van der Waals surface area contributed by atoms with E-state index < -0.39 is 5.41 Å². The van der Waals surface area contributed by atoms with Gasteiger partial charge in [-0.1, -0.05) is 218 Å². The molecule has 1 heterocycles. The van der Waals surface area contributed by atoms with Crippen LogP contribution in [0, 0.1) is 0 Å². The van der Waals surface area contributed by atoms with Crippen molar-refractivity contribution in [2.24, 2.45) is 0 Å². The second-order valence-electron chi connectivity index (χ2n) is 17.8. The van der Waals surface area contributed by atoms with Gasteiger partial charge in [0.25, 0.3) is 0 Å². The van der Waals surface area contributed by atoms with Crippen molar-refractivity contribution in [3.63, 3.8) is 0 Å². The quantitative estimate of drug-likeness (QED) is 0.162. The predicted molar refractivity (Wildman–Crippen MR) is 276 cm³/mol. The zero-order chi connectivity index (χ0) is 44.1. The van der Waals surface area contributed by atoms with Crippen LogP contribution in [0.5, 0.6) is 0 Å². The molecule has 0 N–H and O–H groups in total. The number of benzene rings is 11. The topological polar surface area (TPSA) is 38.7 Å². The maximum Gasteiger partial charge on any atom is 0.164 e. The van der Waals surface area contributed by atoms with E-state index in [4.69, 9.17) is 15.0 Å². The number of hydrogen-bond donors (Lipinski definition) is 0. The van der Waals surface area contributed by atoms with Gasteiger partial charge in [0.1, 0.15) is 0 Å². The van der Waals surface area contributed by atoms with E-state index in [1.165, 1.54) is 88.0 Å². The molecule has 0 amide bonds. The summed E-state index contributed by atoms with van der Waals surface area (Å²) in [6.07, 6.45) is 0. The Morgan fingerprint density at radius 2 is 0.642 bits per heavy atom. The Balaban J connectivity index is 0.949. The number of hydrogen-bond acceptors (Lipinski definition) is 3. The molecule has 310 valence electrons. The largest absolute Gasteiger partial charge is 0.208 e. The Kier molecular flexibility index (Phi) is 8.20. The van der Waals surface area contributed by atoms with Gasteiger partial charge in [-0.3, -0.25) is 0 Å². The van der Waals surface area contributed by atoms with Crippen LogP contribution >= 0.6 is 0 Å². The van der Waals surface area contributed by atoms with Gasteiger partial charge in [0.2, 0.25) is 0 Å². The molecule has 0 radical (unpaired) electrons. The van der Waals surface area contributed by atoms with E-state index in [9.17, 15) is 0 Å². The highest BCUT2D eigenvalue weighted by molar-refractivity contribution is 6.29. The van der Waals surface area contributed by atoms with Crippen molar-refractivity contribution < 1.29 is 0 Å². The van der Waals surface area contributed by atoms with Crippen molar-refractivity contribution in [3.8, 4) is 78.7 Å². The molecule has 1 aromatic heterocycles. The standard InChI is InChI=1S/C64H39N3/c1-3-17-40(18-4-1)61-65-62(41-19-5-2-6-20-41)67-63(66-61)45-22-15-21-42(37-45)43-33-36-54-55(38-43)48-24-8-7-23-47(48)53-29-16-28-46(60(53)54)44-34-35-52-51-27-11-14-32-58(51)64(59(52)39-44)56-30-12-9-25-49(56)50-26-10-13-31-57(50)64/h1-39H. The van der Waals surface area contributed by atoms with E-state index in [0.717, 1.165) is 27.8 Å². The number of fused-ring (bicyclic) bond motifs is 16. The van der Waals surface area contributed by atoms with E-state index in [-0.39, 0.29) is 0 Å². The van der Waals surface area contributed by atoms with Gasteiger partial charge in [-0.2, -0.15) is 0 Å². The molecule has 0 aliphatic heterocycles. The molecule has 2 aliphatic carbocycles. The molecule has 0 unspecified atom stereocenters. The van der Waals surface area contributed by atoms with E-state index in [1.807, 2.05) is 60.7 Å². The maximum absolute atomic E-state index is 5.05. The van der Waals surface area contributed by atoms with Crippen molar-refractivity contribution in [3.05, 3.63) is 259 Å². The third kappa shape index (κ3) is 5.55. The van der Waals surface area contributed by atoms with Gasteiger partial charge in [0.15, 0.2) is 17.5 Å². The summed E-state index contributed by atoms with van der Waals surface area (Å²) >= 11 is 0. The lowest BCUT2D eigenvalue weighted by atomic mass is 9.70. The van der Waals surface area contributed by atoms with Crippen molar-refractivity contribution in [1.29, 1.82) is 0 Å². The van der Waals surface area contributed by atoms with E-state index in [1.54, 1.807) is 0 Å². The lowest BCUT2D eigenvalue weighted by Gasteiger charge is -2.30. The van der Waals surface area contributed by atoms with Crippen LogP contribution in [-0.4, -0.2) is 15.0 Å². The summed E-state index contributed by atoms with van der Waals surface area (Å²) in [5.41, 5.74) is 17.8. The molecule has 0 atom stereocenters. The molecule has 14 rings (SSSR count). The first-order valence-corrected chi connectivity index (χ1v) is 23.0. The second-order valence-corrected chi connectivity index (χ2v) is 17.8. The Labute approximate surface area is 388 Å². The van der Waals surface area contributed by atoms with E-state index in [2.05, 4.69) is 176 Å². The highest BCUT2D eigenvalue weighted by atomic mass is 15.0. The number of rotatable bonds is 5. The second kappa shape index (κ2) is 14.6. The fourth-order valence-corrected chi connectivity index (χ4v) is 11.5. The van der Waals surface area contributed by atoms with Gasteiger partial charge in [-0.25, -0.2) is 15.0 Å². The molecule has 3 heteroatoms. The molecule has 3 nitrogen and oxygen atoms in total. The smallest absolute Gasteiger partial charge is 0.164 e. The van der Waals surface area contributed by atoms with Gasteiger partial charge in [-0.15, -0.1) is 0 Å². The van der Waals surface area contributed by atoms with Gasteiger partial charge >= 0.3 is 0 Å². The molecular formula is C64H39N3. The fourth-order valence-electron chi connectivity index (χ4n) is 11.5. The molecule has 67 heavy (non-hydrogen) atoms. The van der Waals surface area contributed by atoms with Gasteiger partial charge in [-0.05, 0) is 117 Å². The highest BCUT2D eigenvalue weighted by Gasteiger charge is 2.51. The summed E-state index contributed by atoms with van der Waals surface area (Å²) in [5, 5.41) is 7.45. The average Bonchev–Trinajstić information content (AvgIpc) is 3.88. The third-order valence-corrected chi connectivity index (χ3v) is 14.3. The van der Waals surface area contributed by atoms with Crippen LogP contribution in [0.25, 0.3) is 111 Å². The summed E-state index contributed by atoms with van der Waals surface area (Å²) in [6, 6.07) is 86.1. The van der Waals surface area contributed by atoms with Crippen LogP contribution in [0.1, 0.15) is 22.3 Å². The normalized spacial score (nSPS) is 12.9. The predicted octanol–water partition coefficient (Wildman–Crippen LogP) is 16.0. The monoisotopic (exact) mass is 849 g/mol. The fraction of sp³-hybridized carbons (Fsp3) is 0.0156. The van der Waals surface area contributed by atoms with Crippen LogP contribution in [-0.2, 0) is 5.41 Å². The zero-order valence-corrected chi connectivity index (χ0v) is 36.4. The zero-order valence-electron chi connectivity index (χ0n) is 36.4. The first-order chi connectivity index (χ1) is 33.2. The van der Waals surface area contributed by atoms with Crippen molar-refractivity contribution in [2.75, 3.05) is 0 Å². The SMILES string of the molecule is c1ccc(-c2nc(-c3ccccc3)nc(-c3cccc(-c4ccc5c(c4)c4ccccc4c4cccc(-c6ccc7c(c6)C6(c8ccccc8-c8ccccc86)c6ccccc6-7)c45)c3)n2)cc1. The van der Waals surface area contributed by atoms with Crippen molar-refractivity contribution in [1.82, 2.24) is 15.0 Å². The van der Waals surface area contributed by atoms with Crippen molar-refractivity contribution in [2.45, 2.75) is 5.41 Å². The Morgan fingerprint density at radius 1 is 0.224 bits per heavy atom. The molecule has 0 saturated carbocycles. The summed E-state index contributed by atoms with van der Waals surface area (Å²) in [7, 11) is 0. The minimum absolute atomic E-state index is 0.411. The molecule has 0 saturated heterocycles.